The van der Waals surface area contributed by atoms with Crippen molar-refractivity contribution < 1.29 is 18.0 Å². The Morgan fingerprint density at radius 2 is 1.76 bits per heavy atom. The monoisotopic (exact) mass is 299 g/mol. The van der Waals surface area contributed by atoms with E-state index in [1.165, 1.54) is 5.56 Å². The number of hydrogen-bond acceptors (Lipinski definition) is 2. The minimum atomic E-state index is -4.67. The molecule has 1 aromatic rings. The molecule has 1 aromatic carbocycles. The van der Waals surface area contributed by atoms with Crippen LogP contribution in [0.25, 0.3) is 0 Å². The number of piperidine rings is 1. The fourth-order valence-electron chi connectivity index (χ4n) is 2.75. The van der Waals surface area contributed by atoms with Crippen LogP contribution >= 0.6 is 0 Å². The average molecular weight is 299 g/mol. The van der Waals surface area contributed by atoms with Crippen LogP contribution in [0.15, 0.2) is 30.3 Å². The maximum Gasteiger partial charge on any atom is 0.449 e. The number of halogens is 3. The molecule has 2 rings (SSSR count). The number of carbonyl (C=O) groups excluding carboxylic acids is 1. The number of ketones is 1. The van der Waals surface area contributed by atoms with E-state index in [2.05, 4.69) is 17.0 Å². The van der Waals surface area contributed by atoms with Crippen LogP contribution in [0.4, 0.5) is 13.2 Å². The molecule has 5 heteroatoms. The highest BCUT2D eigenvalue weighted by Gasteiger charge is 2.37. The molecule has 0 amide bonds. The molecule has 0 N–H and O–H groups in total. The Kier molecular flexibility index (Phi) is 5.39. The van der Waals surface area contributed by atoms with Crippen molar-refractivity contribution in [1.82, 2.24) is 4.90 Å². The Balaban J connectivity index is 1.70. The van der Waals surface area contributed by atoms with Gasteiger partial charge in [-0.15, -0.1) is 0 Å². The second-order valence-corrected chi connectivity index (χ2v) is 5.66. The van der Waals surface area contributed by atoms with Crippen molar-refractivity contribution in [2.45, 2.75) is 38.4 Å². The van der Waals surface area contributed by atoms with Crippen molar-refractivity contribution in [1.29, 1.82) is 0 Å². The summed E-state index contributed by atoms with van der Waals surface area (Å²) in [5.74, 6) is -1.35. The van der Waals surface area contributed by atoms with Crippen LogP contribution in [0, 0.1) is 5.92 Å². The van der Waals surface area contributed by atoms with Crippen molar-refractivity contribution in [3.8, 4) is 0 Å². The van der Waals surface area contributed by atoms with Gasteiger partial charge in [0.1, 0.15) is 0 Å². The Hall–Kier alpha value is -1.36. The Bertz CT molecular complexity index is 450. The zero-order chi connectivity index (χ0) is 15.3. The normalized spacial score (nSPS) is 17.9. The highest BCUT2D eigenvalue weighted by Crippen LogP contribution is 2.26. The number of alkyl halides is 3. The van der Waals surface area contributed by atoms with Crippen LogP contribution in [-0.4, -0.2) is 29.9 Å². The molecule has 0 saturated carbocycles. The third kappa shape index (κ3) is 5.16. The smallest absolute Gasteiger partial charge is 0.299 e. The molecule has 0 unspecified atom stereocenters. The summed E-state index contributed by atoms with van der Waals surface area (Å²) in [7, 11) is 0. The largest absolute Gasteiger partial charge is 0.449 e. The SMILES string of the molecule is O=C(CCC1CCN(Cc2ccccc2)CC1)C(F)(F)F. The summed E-state index contributed by atoms with van der Waals surface area (Å²) in [6, 6.07) is 10.1. The van der Waals surface area contributed by atoms with E-state index < -0.39 is 12.0 Å². The molecule has 0 atom stereocenters. The van der Waals surface area contributed by atoms with Gasteiger partial charge in [-0.05, 0) is 43.8 Å². The molecule has 1 aliphatic heterocycles. The van der Waals surface area contributed by atoms with E-state index in [-0.39, 0.29) is 12.3 Å². The van der Waals surface area contributed by atoms with E-state index in [0.717, 1.165) is 32.5 Å². The van der Waals surface area contributed by atoms with Gasteiger partial charge in [-0.1, -0.05) is 30.3 Å². The summed E-state index contributed by atoms with van der Waals surface area (Å²) < 4.78 is 36.4. The first-order chi connectivity index (χ1) is 9.95. The van der Waals surface area contributed by atoms with E-state index in [1.807, 2.05) is 18.2 Å². The Morgan fingerprint density at radius 3 is 2.33 bits per heavy atom. The number of benzene rings is 1. The van der Waals surface area contributed by atoms with Gasteiger partial charge in [0.2, 0.25) is 5.78 Å². The van der Waals surface area contributed by atoms with Gasteiger partial charge < -0.3 is 0 Å². The first kappa shape index (κ1) is 16.0. The fraction of sp³-hybridized carbons (Fsp3) is 0.562. The number of Topliss-reactive ketones (excluding diaryl/α,β-unsaturated/α-hetero) is 1. The van der Waals surface area contributed by atoms with Crippen LogP contribution in [0.5, 0.6) is 0 Å². The molecule has 21 heavy (non-hydrogen) atoms. The van der Waals surface area contributed by atoms with Gasteiger partial charge in [0.25, 0.3) is 0 Å². The maximum atomic E-state index is 12.1. The molecule has 116 valence electrons. The molecule has 1 saturated heterocycles. The van der Waals surface area contributed by atoms with Crippen molar-refractivity contribution >= 4 is 5.78 Å². The minimum absolute atomic E-state index is 0.239. The summed E-state index contributed by atoms with van der Waals surface area (Å²) in [4.78, 5) is 13.2. The van der Waals surface area contributed by atoms with Gasteiger partial charge in [-0.25, -0.2) is 0 Å². The molecule has 0 bridgehead atoms. The van der Waals surface area contributed by atoms with Gasteiger partial charge >= 0.3 is 6.18 Å². The average Bonchev–Trinajstić information content (AvgIpc) is 2.46. The first-order valence-corrected chi connectivity index (χ1v) is 7.31. The van der Waals surface area contributed by atoms with E-state index in [9.17, 15) is 18.0 Å². The summed E-state index contributed by atoms with van der Waals surface area (Å²) in [5, 5.41) is 0. The van der Waals surface area contributed by atoms with Crippen molar-refractivity contribution in [2.24, 2.45) is 5.92 Å². The number of hydrogen-bond donors (Lipinski definition) is 0. The number of nitrogens with zero attached hydrogens (tertiary/aromatic N) is 1. The van der Waals surface area contributed by atoms with Gasteiger partial charge in [0.05, 0.1) is 0 Å². The summed E-state index contributed by atoms with van der Waals surface area (Å²) >= 11 is 0. The zero-order valence-corrected chi connectivity index (χ0v) is 11.9. The first-order valence-electron chi connectivity index (χ1n) is 7.31. The molecule has 0 aromatic heterocycles. The summed E-state index contributed by atoms with van der Waals surface area (Å²) in [6.45, 7) is 2.66. The molecular formula is C16H20F3NO. The zero-order valence-electron chi connectivity index (χ0n) is 11.9. The third-order valence-electron chi connectivity index (χ3n) is 4.05. The number of carbonyl (C=O) groups is 1. The lowest BCUT2D eigenvalue weighted by molar-refractivity contribution is -0.171. The van der Waals surface area contributed by atoms with Crippen molar-refractivity contribution in [2.75, 3.05) is 13.1 Å². The van der Waals surface area contributed by atoms with Gasteiger partial charge in [0.15, 0.2) is 0 Å². The molecule has 0 spiro atoms. The lowest BCUT2D eigenvalue weighted by Crippen LogP contribution is -2.33. The molecular weight excluding hydrogens is 279 g/mol. The molecule has 1 heterocycles. The van der Waals surface area contributed by atoms with Crippen LogP contribution in [-0.2, 0) is 11.3 Å². The predicted octanol–water partition coefficient (Wildman–Crippen LogP) is 3.81. The summed E-state index contributed by atoms with van der Waals surface area (Å²) in [5.41, 5.74) is 1.25. The second-order valence-electron chi connectivity index (χ2n) is 5.66. The molecule has 0 aliphatic carbocycles. The van der Waals surface area contributed by atoms with E-state index >= 15 is 0 Å². The third-order valence-corrected chi connectivity index (χ3v) is 4.05. The Morgan fingerprint density at radius 1 is 1.14 bits per heavy atom. The molecule has 1 aliphatic rings. The number of likely N-dealkylation sites (tertiary alicyclic amines) is 1. The van der Waals surface area contributed by atoms with Crippen molar-refractivity contribution in [3.63, 3.8) is 0 Å². The van der Waals surface area contributed by atoms with E-state index in [4.69, 9.17) is 0 Å². The van der Waals surface area contributed by atoms with E-state index in [0.29, 0.717) is 6.42 Å². The topological polar surface area (TPSA) is 20.3 Å². The van der Waals surface area contributed by atoms with E-state index in [1.54, 1.807) is 0 Å². The van der Waals surface area contributed by atoms with Gasteiger partial charge in [0, 0.05) is 13.0 Å². The quantitative estimate of drug-likeness (QED) is 0.824. The lowest BCUT2D eigenvalue weighted by atomic mass is 9.91. The maximum absolute atomic E-state index is 12.1. The summed E-state index contributed by atoms with van der Waals surface area (Å²) in [6.07, 6.45) is -2.94. The van der Waals surface area contributed by atoms with Crippen LogP contribution in [0.2, 0.25) is 0 Å². The molecule has 2 nitrogen and oxygen atoms in total. The predicted molar refractivity (Wildman–Crippen MR) is 74.7 cm³/mol. The second kappa shape index (κ2) is 7.07. The van der Waals surface area contributed by atoms with Crippen LogP contribution in [0.1, 0.15) is 31.2 Å². The highest BCUT2D eigenvalue weighted by molar-refractivity contribution is 5.83. The Labute approximate surface area is 122 Å². The fourth-order valence-corrected chi connectivity index (χ4v) is 2.75. The van der Waals surface area contributed by atoms with Gasteiger partial charge in [-0.3, -0.25) is 9.69 Å². The van der Waals surface area contributed by atoms with Crippen molar-refractivity contribution in [3.05, 3.63) is 35.9 Å². The van der Waals surface area contributed by atoms with Crippen LogP contribution in [0.3, 0.4) is 0 Å². The number of rotatable bonds is 5. The van der Waals surface area contributed by atoms with Gasteiger partial charge in [-0.2, -0.15) is 13.2 Å². The molecule has 0 radical (unpaired) electrons. The standard InChI is InChI=1S/C16H20F3NO/c17-16(18,19)15(21)7-6-13-8-10-20(11-9-13)12-14-4-2-1-3-5-14/h1-5,13H,6-12H2. The van der Waals surface area contributed by atoms with Crippen LogP contribution < -0.4 is 0 Å². The minimum Gasteiger partial charge on any atom is -0.299 e. The highest BCUT2D eigenvalue weighted by atomic mass is 19.4. The molecule has 1 fully saturated rings. The lowest BCUT2D eigenvalue weighted by Gasteiger charge is -2.32.